The minimum absolute atomic E-state index is 0.140. The van der Waals surface area contributed by atoms with E-state index < -0.39 is 0 Å². The van der Waals surface area contributed by atoms with Crippen LogP contribution >= 0.6 is 15.9 Å². The lowest BCUT2D eigenvalue weighted by molar-refractivity contribution is 0.782. The Morgan fingerprint density at radius 2 is 1.79 bits per heavy atom. The summed E-state index contributed by atoms with van der Waals surface area (Å²) in [5, 5.41) is 3.49. The van der Waals surface area contributed by atoms with Crippen LogP contribution in [0.3, 0.4) is 0 Å². The lowest BCUT2D eigenvalue weighted by Gasteiger charge is -2.21. The van der Waals surface area contributed by atoms with Crippen LogP contribution in [-0.4, -0.2) is 6.54 Å². The average molecular weight is 319 g/mol. The summed E-state index contributed by atoms with van der Waals surface area (Å²) < 4.78 is 1.08. The van der Waals surface area contributed by atoms with Gasteiger partial charge in [-0.15, -0.1) is 0 Å². The van der Waals surface area contributed by atoms with Gasteiger partial charge >= 0.3 is 0 Å². The van der Waals surface area contributed by atoms with Gasteiger partial charge in [0.05, 0.1) is 6.04 Å². The maximum atomic E-state index is 5.93. The predicted molar refractivity (Wildman–Crippen MR) is 85.5 cm³/mol. The summed E-state index contributed by atoms with van der Waals surface area (Å²) in [5.41, 5.74) is 10.9. The molecule has 0 bridgehead atoms. The molecule has 0 spiro atoms. The zero-order valence-corrected chi connectivity index (χ0v) is 12.9. The van der Waals surface area contributed by atoms with Crippen LogP contribution in [0.15, 0.2) is 46.9 Å². The van der Waals surface area contributed by atoms with E-state index in [2.05, 4.69) is 65.4 Å². The van der Waals surface area contributed by atoms with Crippen molar-refractivity contribution in [2.75, 3.05) is 11.9 Å². The normalized spacial score (nSPS) is 12.2. The predicted octanol–water partition coefficient (Wildman–Crippen LogP) is 4.18. The zero-order valence-electron chi connectivity index (χ0n) is 11.3. The molecule has 0 aliphatic heterocycles. The first-order chi connectivity index (χ1) is 9.11. The summed E-state index contributed by atoms with van der Waals surface area (Å²) in [4.78, 5) is 0. The minimum Gasteiger partial charge on any atom is -0.377 e. The quantitative estimate of drug-likeness (QED) is 0.887. The van der Waals surface area contributed by atoms with Crippen molar-refractivity contribution >= 4 is 21.6 Å². The molecule has 0 amide bonds. The molecular weight excluding hydrogens is 300 g/mol. The lowest BCUT2D eigenvalue weighted by atomic mass is 9.97. The molecular formula is C16H19BrN2. The third-order valence-electron chi connectivity index (χ3n) is 3.44. The zero-order chi connectivity index (χ0) is 13.8. The molecule has 1 atom stereocenters. The second kappa shape index (κ2) is 6.22. The van der Waals surface area contributed by atoms with Gasteiger partial charge in [-0.25, -0.2) is 0 Å². The second-order valence-electron chi connectivity index (χ2n) is 4.73. The lowest BCUT2D eigenvalue weighted by Crippen LogP contribution is -2.21. The van der Waals surface area contributed by atoms with Gasteiger partial charge < -0.3 is 11.1 Å². The largest absolute Gasteiger partial charge is 0.377 e. The molecule has 3 heteroatoms. The minimum atomic E-state index is 0.140. The van der Waals surface area contributed by atoms with Crippen LogP contribution in [-0.2, 0) is 0 Å². The van der Waals surface area contributed by atoms with Crippen molar-refractivity contribution in [1.82, 2.24) is 0 Å². The topological polar surface area (TPSA) is 38.0 Å². The monoisotopic (exact) mass is 318 g/mol. The first-order valence-electron chi connectivity index (χ1n) is 6.40. The molecule has 2 rings (SSSR count). The molecule has 19 heavy (non-hydrogen) atoms. The van der Waals surface area contributed by atoms with Gasteiger partial charge in [-0.3, -0.25) is 0 Å². The van der Waals surface area contributed by atoms with Crippen molar-refractivity contribution in [2.24, 2.45) is 5.73 Å². The molecule has 0 aliphatic carbocycles. The number of hydrogen-bond acceptors (Lipinski definition) is 2. The van der Waals surface area contributed by atoms with Crippen LogP contribution < -0.4 is 11.1 Å². The fourth-order valence-electron chi connectivity index (χ4n) is 2.16. The standard InChI is InChI=1S/C16H19BrN2/c1-11-4-3-5-15(12(11)2)16(10-18)19-14-8-6-13(17)7-9-14/h3-9,16,19H,10,18H2,1-2H3. The Balaban J connectivity index is 2.25. The number of nitrogens with two attached hydrogens (primary N) is 1. The third kappa shape index (κ3) is 3.37. The Morgan fingerprint density at radius 3 is 2.42 bits per heavy atom. The van der Waals surface area contributed by atoms with Crippen LogP contribution in [0.25, 0.3) is 0 Å². The fraction of sp³-hybridized carbons (Fsp3) is 0.250. The second-order valence-corrected chi connectivity index (χ2v) is 5.64. The van der Waals surface area contributed by atoms with E-state index in [1.165, 1.54) is 16.7 Å². The van der Waals surface area contributed by atoms with Gasteiger partial charge in [-0.05, 0) is 54.8 Å². The van der Waals surface area contributed by atoms with Crippen LogP contribution in [0.1, 0.15) is 22.7 Å². The third-order valence-corrected chi connectivity index (χ3v) is 3.97. The van der Waals surface area contributed by atoms with E-state index in [1.807, 2.05) is 12.1 Å². The molecule has 0 aromatic heterocycles. The molecule has 0 radical (unpaired) electrons. The van der Waals surface area contributed by atoms with Gasteiger partial charge in [0.2, 0.25) is 0 Å². The van der Waals surface area contributed by atoms with E-state index in [9.17, 15) is 0 Å². The Kier molecular flexibility index (Phi) is 4.61. The Morgan fingerprint density at radius 1 is 1.11 bits per heavy atom. The van der Waals surface area contributed by atoms with Crippen LogP contribution in [0.2, 0.25) is 0 Å². The number of nitrogens with one attached hydrogen (secondary N) is 1. The fourth-order valence-corrected chi connectivity index (χ4v) is 2.43. The molecule has 100 valence electrons. The molecule has 2 aromatic carbocycles. The summed E-state index contributed by atoms with van der Waals surface area (Å²) in [5.74, 6) is 0. The smallest absolute Gasteiger partial charge is 0.0638 e. The van der Waals surface area contributed by atoms with Crippen molar-refractivity contribution < 1.29 is 0 Å². The Labute approximate surface area is 123 Å². The molecule has 0 fully saturated rings. The summed E-state index contributed by atoms with van der Waals surface area (Å²) in [7, 11) is 0. The number of benzene rings is 2. The van der Waals surface area contributed by atoms with Gasteiger partial charge in [0.1, 0.15) is 0 Å². The molecule has 0 heterocycles. The SMILES string of the molecule is Cc1cccc(C(CN)Nc2ccc(Br)cc2)c1C. The van der Waals surface area contributed by atoms with E-state index in [-0.39, 0.29) is 6.04 Å². The van der Waals surface area contributed by atoms with E-state index in [0.717, 1.165) is 10.2 Å². The van der Waals surface area contributed by atoms with Crippen molar-refractivity contribution in [1.29, 1.82) is 0 Å². The first kappa shape index (κ1) is 14.1. The van der Waals surface area contributed by atoms with Gasteiger partial charge in [-0.2, -0.15) is 0 Å². The van der Waals surface area contributed by atoms with E-state index in [0.29, 0.717) is 6.54 Å². The number of aryl methyl sites for hydroxylation is 1. The number of hydrogen-bond donors (Lipinski definition) is 2. The summed E-state index contributed by atoms with van der Waals surface area (Å²) in [6, 6.07) is 14.7. The van der Waals surface area contributed by atoms with Crippen LogP contribution in [0, 0.1) is 13.8 Å². The molecule has 2 aromatic rings. The number of rotatable bonds is 4. The molecule has 3 N–H and O–H groups in total. The van der Waals surface area contributed by atoms with Gasteiger partial charge in [0, 0.05) is 16.7 Å². The van der Waals surface area contributed by atoms with Crippen LogP contribution in [0.4, 0.5) is 5.69 Å². The Bertz CT molecular complexity index is 549. The van der Waals surface area contributed by atoms with E-state index >= 15 is 0 Å². The van der Waals surface area contributed by atoms with Crippen molar-refractivity contribution in [2.45, 2.75) is 19.9 Å². The summed E-state index contributed by atoms with van der Waals surface area (Å²) >= 11 is 3.44. The molecule has 0 saturated carbocycles. The summed E-state index contributed by atoms with van der Waals surface area (Å²) in [6.07, 6.45) is 0. The van der Waals surface area contributed by atoms with Crippen molar-refractivity contribution in [3.63, 3.8) is 0 Å². The number of anilines is 1. The molecule has 0 saturated heterocycles. The summed E-state index contributed by atoms with van der Waals surface area (Å²) in [6.45, 7) is 4.85. The first-order valence-corrected chi connectivity index (χ1v) is 7.19. The van der Waals surface area contributed by atoms with Crippen molar-refractivity contribution in [3.8, 4) is 0 Å². The van der Waals surface area contributed by atoms with Gasteiger partial charge in [-0.1, -0.05) is 34.1 Å². The maximum absolute atomic E-state index is 5.93. The highest BCUT2D eigenvalue weighted by Crippen LogP contribution is 2.24. The average Bonchev–Trinajstić information content (AvgIpc) is 2.42. The van der Waals surface area contributed by atoms with Gasteiger partial charge in [0.25, 0.3) is 0 Å². The van der Waals surface area contributed by atoms with E-state index in [4.69, 9.17) is 5.73 Å². The highest BCUT2D eigenvalue weighted by atomic mass is 79.9. The van der Waals surface area contributed by atoms with Crippen LogP contribution in [0.5, 0.6) is 0 Å². The van der Waals surface area contributed by atoms with E-state index in [1.54, 1.807) is 0 Å². The van der Waals surface area contributed by atoms with Crippen molar-refractivity contribution in [3.05, 3.63) is 63.6 Å². The number of halogens is 1. The molecule has 1 unspecified atom stereocenters. The Hall–Kier alpha value is -1.32. The maximum Gasteiger partial charge on any atom is 0.0638 e. The molecule has 2 nitrogen and oxygen atoms in total. The highest BCUT2D eigenvalue weighted by molar-refractivity contribution is 9.10. The van der Waals surface area contributed by atoms with Gasteiger partial charge in [0.15, 0.2) is 0 Å². The highest BCUT2D eigenvalue weighted by Gasteiger charge is 2.12. The molecule has 0 aliphatic rings.